The molecule has 7 nitrogen and oxygen atoms in total. The van der Waals surface area contributed by atoms with Crippen LogP contribution in [0.15, 0.2) is 0 Å². The lowest BCUT2D eigenvalue weighted by atomic mass is 10.2. The van der Waals surface area contributed by atoms with E-state index in [1.807, 2.05) is 0 Å². The molecule has 0 aliphatic carbocycles. The summed E-state index contributed by atoms with van der Waals surface area (Å²) in [7, 11) is 1.73. The van der Waals surface area contributed by atoms with Crippen LogP contribution in [-0.2, 0) is 23.6 Å². The van der Waals surface area contributed by atoms with Crippen molar-refractivity contribution in [3.8, 4) is 0 Å². The third-order valence-electron chi connectivity index (χ3n) is 1.71. The van der Waals surface area contributed by atoms with E-state index in [-0.39, 0.29) is 12.8 Å². The molecule has 0 saturated heterocycles. The highest BCUT2D eigenvalue weighted by atomic mass is 31.0. The van der Waals surface area contributed by atoms with Crippen molar-refractivity contribution in [2.45, 2.75) is 31.9 Å². The fourth-order valence-electron chi connectivity index (χ4n) is 0.802. The van der Waals surface area contributed by atoms with Gasteiger partial charge in [0.05, 0.1) is 9.47 Å². The Kier molecular flexibility index (Phi) is 6.60. The number of hydrogen-bond acceptors (Lipinski definition) is 6. The molecule has 0 aromatic heterocycles. The van der Waals surface area contributed by atoms with E-state index in [9.17, 15) is 14.4 Å². The van der Waals surface area contributed by atoms with Crippen LogP contribution in [0.25, 0.3) is 0 Å². The Morgan fingerprint density at radius 1 is 1.38 bits per heavy atom. The molecule has 0 saturated carbocycles. The molecule has 0 aliphatic heterocycles. The molecule has 0 aromatic rings. The monoisotopic (exact) mass is 251 g/mol. The summed E-state index contributed by atoms with van der Waals surface area (Å²) in [5.41, 5.74) is 5.36. The van der Waals surface area contributed by atoms with Crippen molar-refractivity contribution in [1.82, 2.24) is 0 Å². The van der Waals surface area contributed by atoms with E-state index in [2.05, 4.69) is 9.26 Å². The highest BCUT2D eigenvalue weighted by molar-refractivity contribution is 7.10. The SMILES string of the molecule is C[C@H](OC(=O)[C@@H](N)CCC(=O)O)C(=O)OP. The van der Waals surface area contributed by atoms with Gasteiger partial charge in [0.2, 0.25) is 0 Å². The molecule has 0 fully saturated rings. The maximum Gasteiger partial charge on any atom is 0.349 e. The van der Waals surface area contributed by atoms with E-state index >= 15 is 0 Å². The molecule has 0 aromatic carbocycles. The first-order chi connectivity index (χ1) is 7.38. The first-order valence-corrected chi connectivity index (χ1v) is 4.94. The van der Waals surface area contributed by atoms with Crippen LogP contribution in [0, 0.1) is 0 Å². The third-order valence-corrected chi connectivity index (χ3v) is 1.95. The molecule has 0 amide bonds. The van der Waals surface area contributed by atoms with Crippen molar-refractivity contribution in [1.29, 1.82) is 0 Å². The highest BCUT2D eigenvalue weighted by Gasteiger charge is 2.23. The van der Waals surface area contributed by atoms with E-state index in [1.54, 1.807) is 9.47 Å². The van der Waals surface area contributed by atoms with Gasteiger partial charge in [0, 0.05) is 6.42 Å². The normalized spacial score (nSPS) is 13.7. The van der Waals surface area contributed by atoms with Gasteiger partial charge < -0.3 is 20.1 Å². The van der Waals surface area contributed by atoms with Crippen LogP contribution in [0.3, 0.4) is 0 Å². The zero-order chi connectivity index (χ0) is 12.7. The molecule has 3 N–H and O–H groups in total. The minimum Gasteiger partial charge on any atom is -0.481 e. The van der Waals surface area contributed by atoms with Crippen molar-refractivity contribution in [3.05, 3.63) is 0 Å². The Morgan fingerprint density at radius 2 is 1.94 bits per heavy atom. The van der Waals surface area contributed by atoms with Gasteiger partial charge in [-0.3, -0.25) is 9.59 Å². The molecule has 0 bridgehead atoms. The summed E-state index contributed by atoms with van der Waals surface area (Å²) in [6, 6.07) is -1.06. The smallest absolute Gasteiger partial charge is 0.349 e. The van der Waals surface area contributed by atoms with E-state index in [0.29, 0.717) is 0 Å². The van der Waals surface area contributed by atoms with Gasteiger partial charge >= 0.3 is 17.9 Å². The van der Waals surface area contributed by atoms with Gasteiger partial charge in [0.1, 0.15) is 6.04 Å². The lowest BCUT2D eigenvalue weighted by Crippen LogP contribution is -2.36. The Balaban J connectivity index is 4.04. The second-order valence-corrected chi connectivity index (χ2v) is 3.29. The zero-order valence-electron chi connectivity index (χ0n) is 8.71. The quantitative estimate of drug-likeness (QED) is 0.480. The number of ether oxygens (including phenoxy) is 1. The average molecular weight is 251 g/mol. The molecule has 0 aliphatic rings. The summed E-state index contributed by atoms with van der Waals surface area (Å²) in [5, 5.41) is 8.37. The molecule has 0 radical (unpaired) electrons. The van der Waals surface area contributed by atoms with E-state index in [1.165, 1.54) is 6.92 Å². The number of rotatable bonds is 6. The first kappa shape index (κ1) is 14.8. The van der Waals surface area contributed by atoms with Gasteiger partial charge in [-0.05, 0) is 13.3 Å². The van der Waals surface area contributed by atoms with Crippen molar-refractivity contribution in [2.24, 2.45) is 5.73 Å². The fourth-order valence-corrected chi connectivity index (χ4v) is 0.994. The number of nitrogens with two attached hydrogens (primary N) is 1. The maximum absolute atomic E-state index is 11.2. The summed E-state index contributed by atoms with van der Waals surface area (Å²) < 4.78 is 8.91. The zero-order valence-corrected chi connectivity index (χ0v) is 9.87. The number of esters is 1. The molecule has 1 unspecified atom stereocenters. The summed E-state index contributed by atoms with van der Waals surface area (Å²) in [4.78, 5) is 32.3. The van der Waals surface area contributed by atoms with E-state index < -0.39 is 30.1 Å². The van der Waals surface area contributed by atoms with Crippen LogP contribution < -0.4 is 5.73 Å². The lowest BCUT2D eigenvalue weighted by Gasteiger charge is -2.14. The predicted octanol–water partition coefficient (Wildman–Crippen LogP) is -0.557. The van der Waals surface area contributed by atoms with Crippen molar-refractivity contribution < 1.29 is 28.8 Å². The van der Waals surface area contributed by atoms with Gasteiger partial charge in [-0.15, -0.1) is 0 Å². The van der Waals surface area contributed by atoms with Gasteiger partial charge in [-0.2, -0.15) is 0 Å². The second kappa shape index (κ2) is 7.14. The summed E-state index contributed by atoms with van der Waals surface area (Å²) >= 11 is 0. The average Bonchev–Trinajstić information content (AvgIpc) is 2.24. The largest absolute Gasteiger partial charge is 0.481 e. The fraction of sp³-hybridized carbons (Fsp3) is 0.625. The maximum atomic E-state index is 11.2. The van der Waals surface area contributed by atoms with Gasteiger partial charge in [-0.25, -0.2) is 4.79 Å². The second-order valence-electron chi connectivity index (χ2n) is 3.05. The third kappa shape index (κ3) is 5.63. The molecular weight excluding hydrogens is 237 g/mol. The van der Waals surface area contributed by atoms with Gasteiger partial charge in [0.15, 0.2) is 6.10 Å². The predicted molar refractivity (Wildman–Crippen MR) is 56.2 cm³/mol. The van der Waals surface area contributed by atoms with Crippen molar-refractivity contribution in [3.63, 3.8) is 0 Å². The van der Waals surface area contributed by atoms with Crippen molar-refractivity contribution >= 4 is 27.4 Å². The van der Waals surface area contributed by atoms with Crippen LogP contribution in [0.5, 0.6) is 0 Å². The number of carbonyl (C=O) groups excluding carboxylic acids is 2. The Hall–Kier alpha value is -1.20. The summed E-state index contributed by atoms with van der Waals surface area (Å²) in [5.74, 6) is -2.62. The Bertz CT molecular complexity index is 282. The van der Waals surface area contributed by atoms with E-state index in [0.717, 1.165) is 0 Å². The minimum atomic E-state index is -1.07. The van der Waals surface area contributed by atoms with Gasteiger partial charge in [-0.1, -0.05) is 0 Å². The van der Waals surface area contributed by atoms with Crippen molar-refractivity contribution in [2.75, 3.05) is 0 Å². The van der Waals surface area contributed by atoms with Crippen LogP contribution in [-0.4, -0.2) is 35.2 Å². The number of carboxylic acids is 1. The van der Waals surface area contributed by atoms with E-state index in [4.69, 9.17) is 10.8 Å². The number of carbonyl (C=O) groups is 3. The molecular formula is C8H14NO6P. The first-order valence-electron chi connectivity index (χ1n) is 4.47. The van der Waals surface area contributed by atoms with Crippen LogP contribution >= 0.6 is 9.47 Å². The van der Waals surface area contributed by atoms with Crippen LogP contribution in [0.1, 0.15) is 19.8 Å². The Labute approximate surface area is 94.6 Å². The summed E-state index contributed by atoms with van der Waals surface area (Å²) in [6.45, 7) is 1.33. The number of aliphatic carboxylic acids is 1. The molecule has 0 rings (SSSR count). The minimum absolute atomic E-state index is 0.0448. The Morgan fingerprint density at radius 3 is 2.38 bits per heavy atom. The summed E-state index contributed by atoms with van der Waals surface area (Å²) in [6.07, 6.45) is -1.35. The molecule has 8 heteroatoms. The molecule has 0 heterocycles. The standard InChI is InChI=1S/C8H14NO6P/c1-4(7(12)15-16)14-8(13)5(9)2-3-6(10)11/h4-5H,2-3,9,16H2,1H3,(H,10,11)/t4-,5-/m0/s1. The van der Waals surface area contributed by atoms with Crippen LogP contribution in [0.2, 0.25) is 0 Å². The molecule has 0 spiro atoms. The van der Waals surface area contributed by atoms with Gasteiger partial charge in [0.25, 0.3) is 0 Å². The molecule has 16 heavy (non-hydrogen) atoms. The highest BCUT2D eigenvalue weighted by Crippen LogP contribution is 2.03. The molecule has 92 valence electrons. The lowest BCUT2D eigenvalue weighted by molar-refractivity contribution is -0.161. The molecule has 3 atom stereocenters. The number of hydrogen-bond donors (Lipinski definition) is 2. The topological polar surface area (TPSA) is 116 Å². The number of carboxylic acid groups (broad SMARTS) is 1. The van der Waals surface area contributed by atoms with Crippen LogP contribution in [0.4, 0.5) is 0 Å².